The van der Waals surface area contributed by atoms with Crippen LogP contribution in [-0.2, 0) is 6.54 Å². The quantitative estimate of drug-likeness (QED) is 0.836. The van der Waals surface area contributed by atoms with E-state index in [0.29, 0.717) is 16.9 Å². The molecular weight excluding hydrogens is 256 g/mol. The molecule has 0 spiro atoms. The van der Waals surface area contributed by atoms with E-state index in [2.05, 4.69) is 41.9 Å². The lowest BCUT2D eigenvalue weighted by atomic mass is 10.1. The Labute approximate surface area is 120 Å². The van der Waals surface area contributed by atoms with E-state index in [4.69, 9.17) is 18.0 Å². The van der Waals surface area contributed by atoms with Crippen LogP contribution in [0.15, 0.2) is 18.3 Å². The van der Waals surface area contributed by atoms with Crippen molar-refractivity contribution in [1.82, 2.24) is 14.8 Å². The van der Waals surface area contributed by atoms with Crippen molar-refractivity contribution in [2.75, 3.05) is 27.2 Å². The summed E-state index contributed by atoms with van der Waals surface area (Å²) < 4.78 is 0. The van der Waals surface area contributed by atoms with E-state index in [1.165, 1.54) is 0 Å². The summed E-state index contributed by atoms with van der Waals surface area (Å²) in [6.07, 6.45) is 1.74. The molecule has 2 unspecified atom stereocenters. The largest absolute Gasteiger partial charge is 0.388 e. The maximum absolute atomic E-state index is 5.73. The van der Waals surface area contributed by atoms with Crippen LogP contribution in [0.3, 0.4) is 0 Å². The number of hydrogen-bond donors (Lipinski definition) is 1. The number of nitrogens with two attached hydrogens (primary N) is 1. The van der Waals surface area contributed by atoms with E-state index in [9.17, 15) is 0 Å². The average molecular weight is 278 g/mol. The SMILES string of the molecule is CC1CN(Cc2cccnc2C(N)=S)CC1N(C)C. The summed E-state index contributed by atoms with van der Waals surface area (Å²) in [6, 6.07) is 4.62. The molecule has 104 valence electrons. The highest BCUT2D eigenvalue weighted by molar-refractivity contribution is 7.80. The molecule has 5 heteroatoms. The number of aromatic nitrogens is 1. The van der Waals surface area contributed by atoms with Gasteiger partial charge in [-0.3, -0.25) is 9.88 Å². The summed E-state index contributed by atoms with van der Waals surface area (Å²) in [7, 11) is 4.30. The predicted molar refractivity (Wildman–Crippen MR) is 82.0 cm³/mol. The molecule has 2 N–H and O–H groups in total. The third-order valence-corrected chi connectivity index (χ3v) is 4.02. The normalized spacial score (nSPS) is 24.0. The molecule has 4 nitrogen and oxygen atoms in total. The molecule has 1 aromatic rings. The highest BCUT2D eigenvalue weighted by Crippen LogP contribution is 2.22. The first-order chi connectivity index (χ1) is 8.99. The minimum absolute atomic E-state index is 0.381. The van der Waals surface area contributed by atoms with Crippen LogP contribution in [0.25, 0.3) is 0 Å². The Morgan fingerprint density at radius 2 is 2.26 bits per heavy atom. The number of nitrogens with zero attached hydrogens (tertiary/aromatic N) is 3. The second kappa shape index (κ2) is 5.94. The first-order valence-electron chi connectivity index (χ1n) is 6.61. The fourth-order valence-electron chi connectivity index (χ4n) is 2.88. The van der Waals surface area contributed by atoms with Gasteiger partial charge in [0.15, 0.2) is 0 Å². The zero-order valence-corrected chi connectivity index (χ0v) is 12.7. The van der Waals surface area contributed by atoms with Crippen molar-refractivity contribution in [3.63, 3.8) is 0 Å². The van der Waals surface area contributed by atoms with Gasteiger partial charge in [0.2, 0.25) is 0 Å². The topological polar surface area (TPSA) is 45.4 Å². The summed E-state index contributed by atoms with van der Waals surface area (Å²) in [6.45, 7) is 5.37. The molecule has 0 bridgehead atoms. The number of likely N-dealkylation sites (N-methyl/N-ethyl adjacent to an activating group) is 1. The zero-order chi connectivity index (χ0) is 14.0. The van der Waals surface area contributed by atoms with E-state index in [1.807, 2.05) is 6.07 Å². The van der Waals surface area contributed by atoms with Gasteiger partial charge in [0, 0.05) is 31.9 Å². The van der Waals surface area contributed by atoms with Crippen molar-refractivity contribution >= 4 is 17.2 Å². The fraction of sp³-hybridized carbons (Fsp3) is 0.571. The third-order valence-electron chi connectivity index (χ3n) is 3.83. The van der Waals surface area contributed by atoms with Gasteiger partial charge in [0.25, 0.3) is 0 Å². The van der Waals surface area contributed by atoms with Crippen molar-refractivity contribution < 1.29 is 0 Å². The Kier molecular flexibility index (Phi) is 4.50. The van der Waals surface area contributed by atoms with E-state index < -0.39 is 0 Å². The summed E-state index contributed by atoms with van der Waals surface area (Å²) in [4.78, 5) is 9.43. The lowest BCUT2D eigenvalue weighted by Crippen LogP contribution is -2.34. The van der Waals surface area contributed by atoms with Gasteiger partial charge < -0.3 is 10.6 Å². The smallest absolute Gasteiger partial charge is 0.123 e. The molecule has 2 rings (SSSR count). The lowest BCUT2D eigenvalue weighted by Gasteiger charge is -2.22. The molecule has 1 fully saturated rings. The van der Waals surface area contributed by atoms with Gasteiger partial charge in [-0.25, -0.2) is 0 Å². The molecule has 1 aliphatic heterocycles. The monoisotopic (exact) mass is 278 g/mol. The van der Waals surface area contributed by atoms with Crippen LogP contribution in [0.4, 0.5) is 0 Å². The van der Waals surface area contributed by atoms with Crippen molar-refractivity contribution in [2.24, 2.45) is 11.7 Å². The van der Waals surface area contributed by atoms with Gasteiger partial charge in [-0.15, -0.1) is 0 Å². The average Bonchev–Trinajstić information content (AvgIpc) is 2.71. The zero-order valence-electron chi connectivity index (χ0n) is 11.8. The van der Waals surface area contributed by atoms with Gasteiger partial charge in [0.1, 0.15) is 10.7 Å². The van der Waals surface area contributed by atoms with Crippen LogP contribution in [-0.4, -0.2) is 53.0 Å². The van der Waals surface area contributed by atoms with Crippen molar-refractivity contribution in [2.45, 2.75) is 19.5 Å². The molecule has 1 aromatic heterocycles. The van der Waals surface area contributed by atoms with Crippen LogP contribution in [0.1, 0.15) is 18.2 Å². The van der Waals surface area contributed by atoms with Gasteiger partial charge >= 0.3 is 0 Å². The summed E-state index contributed by atoms with van der Waals surface area (Å²) in [5, 5.41) is 0. The second-order valence-electron chi connectivity index (χ2n) is 5.58. The van der Waals surface area contributed by atoms with Gasteiger partial charge in [-0.05, 0) is 31.6 Å². The Bertz CT molecular complexity index is 461. The van der Waals surface area contributed by atoms with Crippen molar-refractivity contribution in [3.8, 4) is 0 Å². The molecule has 1 saturated heterocycles. The standard InChI is InChI=1S/C14H22N4S/c1-10-7-18(9-12(10)17(2)3)8-11-5-4-6-16-13(11)14(15)19/h4-6,10,12H,7-9H2,1-3H3,(H2,15,19). The number of thiocarbonyl (C=S) groups is 1. The first kappa shape index (κ1) is 14.4. The molecule has 1 aliphatic rings. The summed E-state index contributed by atoms with van der Waals surface area (Å²) >= 11 is 5.07. The highest BCUT2D eigenvalue weighted by Gasteiger charge is 2.31. The Balaban J connectivity index is 2.09. The third kappa shape index (κ3) is 3.29. The molecular formula is C14H22N4S. The van der Waals surface area contributed by atoms with Crippen LogP contribution >= 0.6 is 12.2 Å². The van der Waals surface area contributed by atoms with E-state index in [1.54, 1.807) is 6.20 Å². The molecule has 0 radical (unpaired) electrons. The molecule has 19 heavy (non-hydrogen) atoms. The predicted octanol–water partition coefficient (Wildman–Crippen LogP) is 1.10. The maximum Gasteiger partial charge on any atom is 0.123 e. The molecule has 0 saturated carbocycles. The van der Waals surface area contributed by atoms with E-state index >= 15 is 0 Å². The minimum atomic E-state index is 0.381. The second-order valence-corrected chi connectivity index (χ2v) is 6.02. The van der Waals surface area contributed by atoms with Crippen LogP contribution in [0, 0.1) is 5.92 Å². The molecule has 2 atom stereocenters. The minimum Gasteiger partial charge on any atom is -0.388 e. The van der Waals surface area contributed by atoms with Gasteiger partial charge in [-0.2, -0.15) is 0 Å². The fourth-order valence-corrected chi connectivity index (χ4v) is 3.06. The number of pyridine rings is 1. The van der Waals surface area contributed by atoms with Gasteiger partial charge in [0.05, 0.1) is 0 Å². The first-order valence-corrected chi connectivity index (χ1v) is 7.02. The van der Waals surface area contributed by atoms with Crippen LogP contribution in [0.5, 0.6) is 0 Å². The molecule has 0 aromatic carbocycles. The van der Waals surface area contributed by atoms with Gasteiger partial charge in [-0.1, -0.05) is 25.2 Å². The van der Waals surface area contributed by atoms with Crippen molar-refractivity contribution in [3.05, 3.63) is 29.6 Å². The molecule has 0 aliphatic carbocycles. The number of likely N-dealkylation sites (tertiary alicyclic amines) is 1. The Hall–Kier alpha value is -1.04. The van der Waals surface area contributed by atoms with E-state index in [-0.39, 0.29) is 0 Å². The molecule has 0 amide bonds. The van der Waals surface area contributed by atoms with E-state index in [0.717, 1.165) is 30.9 Å². The number of hydrogen-bond acceptors (Lipinski definition) is 4. The lowest BCUT2D eigenvalue weighted by molar-refractivity contribution is 0.250. The maximum atomic E-state index is 5.73. The van der Waals surface area contributed by atoms with Crippen LogP contribution < -0.4 is 5.73 Å². The Morgan fingerprint density at radius 1 is 1.53 bits per heavy atom. The van der Waals surface area contributed by atoms with Crippen LogP contribution in [0.2, 0.25) is 0 Å². The molecule has 2 heterocycles. The Morgan fingerprint density at radius 3 is 2.84 bits per heavy atom. The number of rotatable bonds is 4. The summed E-state index contributed by atoms with van der Waals surface area (Å²) in [5.74, 6) is 0.681. The van der Waals surface area contributed by atoms with Crippen molar-refractivity contribution in [1.29, 1.82) is 0 Å². The summed E-state index contributed by atoms with van der Waals surface area (Å²) in [5.41, 5.74) is 7.62. The highest BCUT2D eigenvalue weighted by atomic mass is 32.1.